The Labute approximate surface area is 94.1 Å². The van der Waals surface area contributed by atoms with Gasteiger partial charge in [0.25, 0.3) is 0 Å². The van der Waals surface area contributed by atoms with Crippen LogP contribution < -0.4 is 0 Å². The van der Waals surface area contributed by atoms with E-state index in [2.05, 4.69) is 31.1 Å². The van der Waals surface area contributed by atoms with E-state index in [0.29, 0.717) is 0 Å². The zero-order valence-electron chi connectivity index (χ0n) is 7.98. The Kier molecular flexibility index (Phi) is 1.76. The minimum Gasteiger partial charge on any atom is -0.278 e. The average Bonchev–Trinajstić information content (AvgIpc) is 2.66. The van der Waals surface area contributed by atoms with Crippen molar-refractivity contribution in [2.75, 3.05) is 0 Å². The smallest absolute Gasteiger partial charge is 0.182 e. The van der Waals surface area contributed by atoms with Crippen LogP contribution in [0.5, 0.6) is 0 Å². The van der Waals surface area contributed by atoms with Gasteiger partial charge in [-0.05, 0) is 25.1 Å². The highest BCUT2D eigenvalue weighted by Crippen LogP contribution is 2.20. The molecule has 0 atom stereocenters. The molecule has 0 saturated heterocycles. The van der Waals surface area contributed by atoms with Gasteiger partial charge in [-0.15, -0.1) is 10.2 Å². The fraction of sp³-hybridized carbons (Fsp3) is 0.100. The molecule has 0 amide bonds. The van der Waals surface area contributed by atoms with Gasteiger partial charge >= 0.3 is 0 Å². The summed E-state index contributed by atoms with van der Waals surface area (Å²) in [7, 11) is 0. The Morgan fingerprint density at radius 3 is 3.07 bits per heavy atom. The van der Waals surface area contributed by atoms with Gasteiger partial charge in [0.2, 0.25) is 0 Å². The maximum absolute atomic E-state index is 4.48. The summed E-state index contributed by atoms with van der Waals surface area (Å²) in [5.74, 6) is 0. The second-order valence-corrected chi connectivity index (χ2v) is 4.27. The Balaban J connectivity index is 2.60. The van der Waals surface area contributed by atoms with Crippen molar-refractivity contribution in [3.63, 3.8) is 0 Å². The number of benzene rings is 1. The van der Waals surface area contributed by atoms with Crippen LogP contribution >= 0.6 is 15.9 Å². The summed E-state index contributed by atoms with van der Waals surface area (Å²) in [6, 6.07) is 5.97. The van der Waals surface area contributed by atoms with Gasteiger partial charge in [0, 0.05) is 4.47 Å². The number of aryl methyl sites for hydroxylation is 1. The summed E-state index contributed by atoms with van der Waals surface area (Å²) < 4.78 is 2.97. The first-order chi connectivity index (χ1) is 7.25. The minimum atomic E-state index is 0.810. The zero-order valence-corrected chi connectivity index (χ0v) is 9.56. The quantitative estimate of drug-likeness (QED) is 0.625. The number of aromatic nitrogens is 4. The monoisotopic (exact) mass is 262 g/mol. The van der Waals surface area contributed by atoms with E-state index in [0.717, 1.165) is 26.8 Å². The summed E-state index contributed by atoms with van der Waals surface area (Å²) in [6.07, 6.45) is 1.71. The third-order valence-electron chi connectivity index (χ3n) is 2.36. The third kappa shape index (κ3) is 1.23. The van der Waals surface area contributed by atoms with Crippen LogP contribution in [0.15, 0.2) is 29.0 Å². The molecule has 0 spiro atoms. The lowest BCUT2D eigenvalue weighted by Crippen LogP contribution is -1.94. The Hall–Kier alpha value is -1.49. The van der Waals surface area contributed by atoms with Crippen LogP contribution in [0.1, 0.15) is 5.69 Å². The maximum Gasteiger partial charge on any atom is 0.182 e. The fourth-order valence-corrected chi connectivity index (χ4v) is 2.03. The molecule has 4 nitrogen and oxygen atoms in total. The first-order valence-electron chi connectivity index (χ1n) is 4.51. The maximum atomic E-state index is 4.48. The fourth-order valence-electron chi connectivity index (χ4n) is 1.68. The number of rotatable bonds is 0. The normalized spacial score (nSPS) is 11.3. The molecule has 15 heavy (non-hydrogen) atoms. The Morgan fingerprint density at radius 2 is 2.20 bits per heavy atom. The van der Waals surface area contributed by atoms with Crippen LogP contribution in [0.4, 0.5) is 0 Å². The number of fused-ring (bicyclic) bond motifs is 3. The lowest BCUT2D eigenvalue weighted by molar-refractivity contribution is 1.10. The van der Waals surface area contributed by atoms with Crippen molar-refractivity contribution in [2.24, 2.45) is 0 Å². The Morgan fingerprint density at radius 1 is 1.33 bits per heavy atom. The van der Waals surface area contributed by atoms with E-state index in [-0.39, 0.29) is 0 Å². The molecule has 0 saturated carbocycles. The summed E-state index contributed by atoms with van der Waals surface area (Å²) >= 11 is 3.43. The molecule has 1 aromatic carbocycles. The van der Waals surface area contributed by atoms with Crippen molar-refractivity contribution in [3.05, 3.63) is 34.7 Å². The lowest BCUT2D eigenvalue weighted by atomic mass is 10.3. The first-order valence-corrected chi connectivity index (χ1v) is 5.30. The molecular formula is C10H7BrN4. The molecule has 0 fully saturated rings. The number of hydrogen-bond acceptors (Lipinski definition) is 3. The highest BCUT2D eigenvalue weighted by molar-refractivity contribution is 9.10. The van der Waals surface area contributed by atoms with Crippen molar-refractivity contribution in [1.82, 2.24) is 19.6 Å². The molecule has 74 valence electrons. The van der Waals surface area contributed by atoms with Gasteiger partial charge in [0.1, 0.15) is 6.33 Å². The molecule has 0 aliphatic rings. The van der Waals surface area contributed by atoms with E-state index in [1.54, 1.807) is 6.33 Å². The largest absolute Gasteiger partial charge is 0.278 e. The summed E-state index contributed by atoms with van der Waals surface area (Å²) in [5.41, 5.74) is 3.65. The minimum absolute atomic E-state index is 0.810. The van der Waals surface area contributed by atoms with E-state index in [1.165, 1.54) is 0 Å². The topological polar surface area (TPSA) is 43.1 Å². The van der Waals surface area contributed by atoms with Crippen LogP contribution in [-0.2, 0) is 0 Å². The van der Waals surface area contributed by atoms with Crippen molar-refractivity contribution in [3.8, 4) is 0 Å². The van der Waals surface area contributed by atoms with Gasteiger partial charge in [-0.25, -0.2) is 4.98 Å². The van der Waals surface area contributed by atoms with Gasteiger partial charge < -0.3 is 0 Å². The van der Waals surface area contributed by atoms with E-state index >= 15 is 0 Å². The van der Waals surface area contributed by atoms with E-state index in [1.807, 2.05) is 29.5 Å². The highest BCUT2D eigenvalue weighted by atomic mass is 79.9. The zero-order chi connectivity index (χ0) is 10.4. The van der Waals surface area contributed by atoms with Crippen LogP contribution in [0, 0.1) is 6.92 Å². The first kappa shape index (κ1) is 8.79. The molecular weight excluding hydrogens is 256 g/mol. The van der Waals surface area contributed by atoms with Crippen molar-refractivity contribution >= 4 is 32.6 Å². The number of nitrogens with zero attached hydrogens (tertiary/aromatic N) is 4. The Bertz CT molecular complexity index is 659. The van der Waals surface area contributed by atoms with E-state index in [9.17, 15) is 0 Å². The van der Waals surface area contributed by atoms with Crippen LogP contribution in [0.25, 0.3) is 16.7 Å². The van der Waals surface area contributed by atoms with Gasteiger partial charge in [0.05, 0.1) is 16.7 Å². The second-order valence-electron chi connectivity index (χ2n) is 3.35. The molecule has 0 unspecified atom stereocenters. The lowest BCUT2D eigenvalue weighted by Gasteiger charge is -2.03. The molecule has 5 heteroatoms. The van der Waals surface area contributed by atoms with Crippen LogP contribution in [0.2, 0.25) is 0 Å². The van der Waals surface area contributed by atoms with Gasteiger partial charge in [0.15, 0.2) is 5.65 Å². The molecule has 0 bridgehead atoms. The van der Waals surface area contributed by atoms with Crippen LogP contribution in [-0.4, -0.2) is 19.6 Å². The average molecular weight is 263 g/mol. The van der Waals surface area contributed by atoms with Gasteiger partial charge in [-0.1, -0.05) is 15.9 Å². The van der Waals surface area contributed by atoms with Crippen molar-refractivity contribution in [2.45, 2.75) is 6.92 Å². The molecule has 2 aromatic heterocycles. The standard InChI is InChI=1S/C10H7BrN4/c1-6-10-14-12-5-15(10)9-3-2-7(11)4-8(9)13-6/h2-5H,1H3. The third-order valence-corrected chi connectivity index (χ3v) is 2.85. The predicted molar refractivity (Wildman–Crippen MR) is 60.7 cm³/mol. The highest BCUT2D eigenvalue weighted by Gasteiger charge is 2.06. The van der Waals surface area contributed by atoms with E-state index in [4.69, 9.17) is 0 Å². The van der Waals surface area contributed by atoms with Crippen LogP contribution in [0.3, 0.4) is 0 Å². The number of halogens is 1. The second kappa shape index (κ2) is 3.00. The van der Waals surface area contributed by atoms with E-state index < -0.39 is 0 Å². The summed E-state index contributed by atoms with van der Waals surface area (Å²) in [5, 5.41) is 7.93. The predicted octanol–water partition coefficient (Wildman–Crippen LogP) is 2.35. The van der Waals surface area contributed by atoms with Gasteiger partial charge in [-0.3, -0.25) is 4.40 Å². The summed E-state index contributed by atoms with van der Waals surface area (Å²) in [6.45, 7) is 1.93. The van der Waals surface area contributed by atoms with Crippen molar-refractivity contribution < 1.29 is 0 Å². The molecule has 0 N–H and O–H groups in total. The molecule has 0 aliphatic carbocycles. The SMILES string of the molecule is Cc1nc2cc(Br)ccc2n2cnnc12. The molecule has 3 rings (SSSR count). The van der Waals surface area contributed by atoms with Gasteiger partial charge in [-0.2, -0.15) is 0 Å². The molecule has 3 aromatic rings. The molecule has 2 heterocycles. The molecule has 0 aliphatic heterocycles. The molecule has 0 radical (unpaired) electrons. The van der Waals surface area contributed by atoms with Crippen molar-refractivity contribution in [1.29, 1.82) is 0 Å². The number of hydrogen-bond donors (Lipinski definition) is 0. The summed E-state index contributed by atoms with van der Waals surface area (Å²) in [4.78, 5) is 4.48.